The summed E-state index contributed by atoms with van der Waals surface area (Å²) in [6.45, 7) is 0.327. The molecule has 0 saturated heterocycles. The fourth-order valence-corrected chi connectivity index (χ4v) is 2.62. The van der Waals surface area contributed by atoms with E-state index in [2.05, 4.69) is 27.5 Å². The van der Waals surface area contributed by atoms with Gasteiger partial charge in [-0.3, -0.25) is 10.3 Å². The van der Waals surface area contributed by atoms with Crippen molar-refractivity contribution in [1.82, 2.24) is 5.48 Å². The van der Waals surface area contributed by atoms with Crippen LogP contribution in [0.1, 0.15) is 23.1 Å². The van der Waals surface area contributed by atoms with Crippen LogP contribution in [0.25, 0.3) is 5.70 Å². The van der Waals surface area contributed by atoms with E-state index in [-0.39, 0.29) is 5.75 Å². The number of halogens is 1. The maximum absolute atomic E-state index is 9.97. The second-order valence-corrected chi connectivity index (χ2v) is 4.73. The lowest BCUT2D eigenvalue weighted by Gasteiger charge is -2.22. The molecule has 0 unspecified atom stereocenters. The summed E-state index contributed by atoms with van der Waals surface area (Å²) in [6.07, 6.45) is 3.87. The van der Waals surface area contributed by atoms with Crippen LogP contribution in [0.2, 0.25) is 0 Å². The van der Waals surface area contributed by atoms with Gasteiger partial charge in [0.05, 0.1) is 17.3 Å². The Labute approximate surface area is 109 Å². The third kappa shape index (κ3) is 2.18. The lowest BCUT2D eigenvalue weighted by molar-refractivity contribution is 0.136. The van der Waals surface area contributed by atoms with E-state index in [0.29, 0.717) is 11.0 Å². The molecule has 1 aromatic rings. The zero-order valence-corrected chi connectivity index (χ0v) is 11.2. The molecular formula is C12H15BrN2O2. The van der Waals surface area contributed by atoms with E-state index in [4.69, 9.17) is 10.6 Å². The maximum Gasteiger partial charge on any atom is 0.134 e. The number of hydroxylamine groups is 1. The molecule has 0 fully saturated rings. The average molecular weight is 299 g/mol. The molecule has 0 amide bonds. The second-order valence-electron chi connectivity index (χ2n) is 3.88. The third-order valence-electron chi connectivity index (χ3n) is 2.92. The van der Waals surface area contributed by atoms with Crippen molar-refractivity contribution in [2.45, 2.75) is 19.4 Å². The number of nitrogens with one attached hydrogen (secondary N) is 1. The smallest absolute Gasteiger partial charge is 0.134 e. The molecule has 4 nitrogen and oxygen atoms in total. The highest BCUT2D eigenvalue weighted by Crippen LogP contribution is 2.37. The first kappa shape index (κ1) is 12.4. The Hall–Kier alpha value is -1.04. The van der Waals surface area contributed by atoms with Crippen molar-refractivity contribution in [3.63, 3.8) is 0 Å². The summed E-state index contributed by atoms with van der Waals surface area (Å²) in [5.74, 6) is 0.241. The van der Waals surface area contributed by atoms with Gasteiger partial charge in [0.25, 0.3) is 0 Å². The standard InChI is InChI=1S/C12H15BrN2O2/c1-17-15-11-4-2-3-7-8(11)5-10(13)12(16)9(7)6-14/h4-5,15-16H,2-3,6,14H2,1H3. The normalized spacial score (nSPS) is 14.2. The van der Waals surface area contributed by atoms with Crippen LogP contribution >= 0.6 is 15.9 Å². The highest BCUT2D eigenvalue weighted by molar-refractivity contribution is 9.10. The number of fused-ring (bicyclic) bond motifs is 1. The summed E-state index contributed by atoms with van der Waals surface area (Å²) in [7, 11) is 1.58. The number of phenolic OH excluding ortho intramolecular Hbond substituents is 1. The molecule has 1 aliphatic rings. The zero-order valence-electron chi connectivity index (χ0n) is 9.59. The monoisotopic (exact) mass is 298 g/mol. The van der Waals surface area contributed by atoms with Gasteiger partial charge in [-0.2, -0.15) is 0 Å². The molecule has 92 valence electrons. The number of phenols is 1. The predicted octanol–water partition coefficient (Wildman–Crippen LogP) is 2.05. The molecule has 0 aliphatic heterocycles. The van der Waals surface area contributed by atoms with Crippen molar-refractivity contribution >= 4 is 21.6 Å². The molecular weight excluding hydrogens is 284 g/mol. The third-order valence-corrected chi connectivity index (χ3v) is 3.53. The molecule has 0 atom stereocenters. The van der Waals surface area contributed by atoms with E-state index in [1.165, 1.54) is 0 Å². The Morgan fingerprint density at radius 2 is 2.35 bits per heavy atom. The van der Waals surface area contributed by atoms with Gasteiger partial charge in [-0.15, -0.1) is 0 Å². The Morgan fingerprint density at radius 3 is 3.00 bits per heavy atom. The fraction of sp³-hybridized carbons (Fsp3) is 0.333. The molecule has 0 heterocycles. The second kappa shape index (κ2) is 5.08. The summed E-state index contributed by atoms with van der Waals surface area (Å²) in [5.41, 5.74) is 12.4. The minimum Gasteiger partial charge on any atom is -0.506 e. The van der Waals surface area contributed by atoms with E-state index < -0.39 is 0 Å². The van der Waals surface area contributed by atoms with Crippen LogP contribution in [-0.4, -0.2) is 12.2 Å². The van der Waals surface area contributed by atoms with Crippen LogP contribution < -0.4 is 11.2 Å². The van der Waals surface area contributed by atoms with Crippen LogP contribution in [0.5, 0.6) is 5.75 Å². The van der Waals surface area contributed by atoms with Crippen molar-refractivity contribution in [1.29, 1.82) is 0 Å². The summed E-state index contributed by atoms with van der Waals surface area (Å²) >= 11 is 3.34. The Balaban J connectivity index is 2.58. The molecule has 0 spiro atoms. The van der Waals surface area contributed by atoms with E-state index in [9.17, 15) is 5.11 Å². The first-order valence-corrected chi connectivity index (χ1v) is 6.21. The van der Waals surface area contributed by atoms with Gasteiger partial charge in [0.1, 0.15) is 5.75 Å². The Kier molecular flexibility index (Phi) is 3.71. The molecule has 17 heavy (non-hydrogen) atoms. The van der Waals surface area contributed by atoms with Gasteiger partial charge in [0.15, 0.2) is 0 Å². The van der Waals surface area contributed by atoms with Gasteiger partial charge < -0.3 is 10.8 Å². The van der Waals surface area contributed by atoms with Gasteiger partial charge in [-0.1, -0.05) is 6.08 Å². The SMILES string of the molecule is CONC1=CCCc2c1cc(Br)c(O)c2CN. The predicted molar refractivity (Wildman–Crippen MR) is 70.1 cm³/mol. The number of benzene rings is 1. The molecule has 1 aliphatic carbocycles. The molecule has 2 rings (SSSR count). The first-order valence-electron chi connectivity index (χ1n) is 5.41. The first-order chi connectivity index (χ1) is 8.19. The number of hydrogen-bond acceptors (Lipinski definition) is 4. The molecule has 5 heteroatoms. The van der Waals surface area contributed by atoms with E-state index in [1.54, 1.807) is 7.11 Å². The molecule has 1 aromatic carbocycles. The highest BCUT2D eigenvalue weighted by Gasteiger charge is 2.20. The van der Waals surface area contributed by atoms with Crippen molar-refractivity contribution in [3.05, 3.63) is 33.3 Å². The maximum atomic E-state index is 9.97. The molecule has 0 bridgehead atoms. The molecule has 0 saturated carbocycles. The highest BCUT2D eigenvalue weighted by atomic mass is 79.9. The molecule has 0 radical (unpaired) electrons. The van der Waals surface area contributed by atoms with Crippen LogP contribution in [0.4, 0.5) is 0 Å². The van der Waals surface area contributed by atoms with Gasteiger partial charge >= 0.3 is 0 Å². The van der Waals surface area contributed by atoms with Crippen molar-refractivity contribution in [2.24, 2.45) is 5.73 Å². The van der Waals surface area contributed by atoms with Gasteiger partial charge in [-0.25, -0.2) is 0 Å². The largest absolute Gasteiger partial charge is 0.506 e. The van der Waals surface area contributed by atoms with E-state index >= 15 is 0 Å². The number of allylic oxidation sites excluding steroid dienone is 1. The van der Waals surface area contributed by atoms with Crippen molar-refractivity contribution in [2.75, 3.05) is 7.11 Å². The topological polar surface area (TPSA) is 67.5 Å². The minimum absolute atomic E-state index is 0.241. The lowest BCUT2D eigenvalue weighted by atomic mass is 9.90. The number of nitrogens with two attached hydrogens (primary N) is 1. The Morgan fingerprint density at radius 1 is 1.59 bits per heavy atom. The summed E-state index contributed by atoms with van der Waals surface area (Å²) in [4.78, 5) is 4.95. The Bertz CT molecular complexity index is 472. The van der Waals surface area contributed by atoms with Crippen LogP contribution in [-0.2, 0) is 17.8 Å². The van der Waals surface area contributed by atoms with E-state index in [0.717, 1.165) is 35.2 Å². The minimum atomic E-state index is 0.241. The summed E-state index contributed by atoms with van der Waals surface area (Å²) in [5, 5.41) is 9.97. The lowest BCUT2D eigenvalue weighted by Crippen LogP contribution is -2.16. The number of aromatic hydroxyl groups is 1. The quantitative estimate of drug-likeness (QED) is 0.747. The summed E-state index contributed by atoms with van der Waals surface area (Å²) in [6, 6.07) is 1.89. The van der Waals surface area contributed by atoms with Crippen LogP contribution in [0, 0.1) is 0 Å². The molecule has 0 aromatic heterocycles. The molecule has 4 N–H and O–H groups in total. The fourth-order valence-electron chi connectivity index (χ4n) is 2.15. The van der Waals surface area contributed by atoms with Gasteiger partial charge in [0.2, 0.25) is 0 Å². The van der Waals surface area contributed by atoms with E-state index in [1.807, 2.05) is 6.07 Å². The van der Waals surface area contributed by atoms with Crippen LogP contribution in [0.15, 0.2) is 16.6 Å². The van der Waals surface area contributed by atoms with Gasteiger partial charge in [-0.05, 0) is 40.4 Å². The average Bonchev–Trinajstić information content (AvgIpc) is 2.32. The summed E-state index contributed by atoms with van der Waals surface area (Å²) < 4.78 is 0.655. The van der Waals surface area contributed by atoms with Gasteiger partial charge in [0, 0.05) is 17.7 Å². The van der Waals surface area contributed by atoms with Crippen molar-refractivity contribution in [3.8, 4) is 5.75 Å². The van der Waals surface area contributed by atoms with Crippen LogP contribution in [0.3, 0.4) is 0 Å². The zero-order chi connectivity index (χ0) is 12.4. The number of hydrogen-bond donors (Lipinski definition) is 3. The number of rotatable bonds is 3. The van der Waals surface area contributed by atoms with Crippen molar-refractivity contribution < 1.29 is 9.94 Å².